The minimum absolute atomic E-state index is 0.00313. The van der Waals surface area contributed by atoms with Crippen molar-refractivity contribution in [2.45, 2.75) is 57.1 Å². The highest BCUT2D eigenvalue weighted by Gasteiger charge is 2.35. The molecule has 41 heavy (non-hydrogen) atoms. The van der Waals surface area contributed by atoms with E-state index >= 15 is 0 Å². The second kappa shape index (κ2) is 14.6. The minimum atomic E-state index is -4.27. The lowest BCUT2D eigenvalue weighted by atomic mass is 10.1. The molecule has 0 unspecified atom stereocenters. The number of carbonyl (C=O) groups is 2. The molecule has 2 atom stereocenters. The second-order valence-corrected chi connectivity index (χ2v) is 12.2. The summed E-state index contributed by atoms with van der Waals surface area (Å²) in [4.78, 5) is 28.9. The number of methoxy groups -OCH3 is 1. The van der Waals surface area contributed by atoms with Crippen LogP contribution in [0.25, 0.3) is 0 Å². The van der Waals surface area contributed by atoms with Crippen molar-refractivity contribution in [1.29, 1.82) is 0 Å². The first-order chi connectivity index (χ1) is 19.5. The molecule has 0 aliphatic carbocycles. The van der Waals surface area contributed by atoms with E-state index in [4.69, 9.17) is 27.9 Å². The number of rotatable bonds is 13. The van der Waals surface area contributed by atoms with Crippen LogP contribution in [-0.4, -0.2) is 50.9 Å². The molecule has 3 aromatic carbocycles. The lowest BCUT2D eigenvalue weighted by Crippen LogP contribution is -2.53. The highest BCUT2D eigenvalue weighted by Crippen LogP contribution is 2.35. The Morgan fingerprint density at radius 1 is 0.951 bits per heavy atom. The number of nitrogens with zero attached hydrogens (tertiary/aromatic N) is 2. The third-order valence-electron chi connectivity index (χ3n) is 6.71. The molecule has 0 saturated heterocycles. The number of carbonyl (C=O) groups excluding carboxylic acids is 2. The summed E-state index contributed by atoms with van der Waals surface area (Å²) in [6.45, 7) is 5.00. The molecule has 3 aromatic rings. The van der Waals surface area contributed by atoms with Gasteiger partial charge in [0.05, 0.1) is 17.7 Å². The molecule has 1 N–H and O–H groups in total. The average molecular weight is 621 g/mol. The number of hydrogen-bond donors (Lipinski definition) is 1. The first kappa shape index (κ1) is 32.2. The largest absolute Gasteiger partial charge is 0.495 e. The van der Waals surface area contributed by atoms with Gasteiger partial charge in [-0.05, 0) is 61.7 Å². The molecular weight excluding hydrogens is 585 g/mol. The van der Waals surface area contributed by atoms with E-state index in [1.165, 1.54) is 36.3 Å². The van der Waals surface area contributed by atoms with Gasteiger partial charge in [-0.3, -0.25) is 13.9 Å². The Balaban J connectivity index is 2.13. The van der Waals surface area contributed by atoms with Crippen LogP contribution in [0.5, 0.6) is 5.75 Å². The van der Waals surface area contributed by atoms with Crippen molar-refractivity contribution >= 4 is 50.7 Å². The zero-order valence-corrected chi connectivity index (χ0v) is 25.8. The smallest absolute Gasteiger partial charge is 0.264 e. The van der Waals surface area contributed by atoms with Crippen molar-refractivity contribution in [1.82, 2.24) is 10.2 Å². The molecule has 0 fully saturated rings. The molecule has 0 heterocycles. The Labute approximate surface area is 252 Å². The van der Waals surface area contributed by atoms with Crippen molar-refractivity contribution < 1.29 is 22.7 Å². The standard InChI is InChI=1S/C30H35Cl2N3O5S/c1-5-21(3)33-30(37)26(6-2)34(19-22-12-10-11-15-25(22)32)29(36)20-35(27-18-23(31)16-17-28(27)40-4)41(38,39)24-13-8-7-9-14-24/h7-18,21,26H,5-6,19-20H2,1-4H3,(H,33,37)/t21-,26-/m0/s1. The minimum Gasteiger partial charge on any atom is -0.495 e. The van der Waals surface area contributed by atoms with E-state index in [0.717, 1.165) is 4.31 Å². The van der Waals surface area contributed by atoms with E-state index in [1.807, 2.05) is 13.8 Å². The van der Waals surface area contributed by atoms with Crippen molar-refractivity contribution in [2.75, 3.05) is 18.0 Å². The van der Waals surface area contributed by atoms with E-state index in [0.29, 0.717) is 23.4 Å². The molecule has 11 heteroatoms. The molecule has 0 saturated carbocycles. The number of anilines is 1. The highest BCUT2D eigenvalue weighted by molar-refractivity contribution is 7.92. The Kier molecular flexibility index (Phi) is 11.5. The van der Waals surface area contributed by atoms with Gasteiger partial charge in [-0.2, -0.15) is 0 Å². The summed E-state index contributed by atoms with van der Waals surface area (Å²) in [6.07, 6.45) is 1.00. The maximum Gasteiger partial charge on any atom is 0.264 e. The summed E-state index contributed by atoms with van der Waals surface area (Å²) in [5, 5.41) is 3.63. The third kappa shape index (κ3) is 7.93. The van der Waals surface area contributed by atoms with Gasteiger partial charge in [-0.25, -0.2) is 8.42 Å². The molecule has 3 rings (SSSR count). The van der Waals surface area contributed by atoms with Gasteiger partial charge in [0, 0.05) is 22.6 Å². The van der Waals surface area contributed by atoms with Crippen LogP contribution >= 0.6 is 23.2 Å². The zero-order chi connectivity index (χ0) is 30.2. The maximum absolute atomic E-state index is 14.2. The van der Waals surface area contributed by atoms with Crippen LogP contribution in [0.2, 0.25) is 10.0 Å². The average Bonchev–Trinajstić information content (AvgIpc) is 2.96. The normalized spacial score (nSPS) is 12.7. The fourth-order valence-corrected chi connectivity index (χ4v) is 6.06. The summed E-state index contributed by atoms with van der Waals surface area (Å²) < 4.78 is 34.4. The predicted octanol–water partition coefficient (Wildman–Crippen LogP) is 5.92. The van der Waals surface area contributed by atoms with E-state index in [9.17, 15) is 18.0 Å². The number of sulfonamides is 1. The molecule has 0 bridgehead atoms. The van der Waals surface area contributed by atoms with Gasteiger partial charge in [0.15, 0.2) is 0 Å². The quantitative estimate of drug-likeness (QED) is 0.256. The van der Waals surface area contributed by atoms with Crippen molar-refractivity contribution in [3.8, 4) is 5.75 Å². The van der Waals surface area contributed by atoms with Gasteiger partial charge in [0.25, 0.3) is 10.0 Å². The van der Waals surface area contributed by atoms with Crippen molar-refractivity contribution in [3.63, 3.8) is 0 Å². The molecule has 0 aliphatic rings. The van der Waals surface area contributed by atoms with E-state index in [1.54, 1.807) is 55.5 Å². The summed E-state index contributed by atoms with van der Waals surface area (Å²) in [5.74, 6) is -0.724. The van der Waals surface area contributed by atoms with Crippen LogP contribution in [0.4, 0.5) is 5.69 Å². The van der Waals surface area contributed by atoms with E-state index in [-0.39, 0.29) is 39.8 Å². The Morgan fingerprint density at radius 3 is 2.22 bits per heavy atom. The number of hydrogen-bond acceptors (Lipinski definition) is 5. The topological polar surface area (TPSA) is 96.0 Å². The van der Waals surface area contributed by atoms with Gasteiger partial charge in [0.2, 0.25) is 11.8 Å². The molecule has 8 nitrogen and oxygen atoms in total. The number of halogens is 2. The van der Waals surface area contributed by atoms with Crippen LogP contribution in [0, 0.1) is 0 Å². The first-order valence-corrected chi connectivity index (χ1v) is 15.5. The van der Waals surface area contributed by atoms with Crippen LogP contribution in [0.1, 0.15) is 39.2 Å². The Morgan fingerprint density at radius 2 is 1.61 bits per heavy atom. The van der Waals surface area contributed by atoms with Gasteiger partial charge in [-0.1, -0.05) is 73.4 Å². The second-order valence-electron chi connectivity index (χ2n) is 9.50. The number of nitrogens with one attached hydrogen (secondary N) is 1. The van der Waals surface area contributed by atoms with Crippen molar-refractivity contribution in [2.24, 2.45) is 0 Å². The van der Waals surface area contributed by atoms with Crippen LogP contribution in [-0.2, 0) is 26.2 Å². The van der Waals surface area contributed by atoms with Crippen LogP contribution in [0.15, 0.2) is 77.7 Å². The number of benzene rings is 3. The SMILES string of the molecule is CC[C@H](C)NC(=O)[C@H](CC)N(Cc1ccccc1Cl)C(=O)CN(c1cc(Cl)ccc1OC)S(=O)(=O)c1ccccc1. The summed E-state index contributed by atoms with van der Waals surface area (Å²) in [5.41, 5.74) is 0.710. The Bertz CT molecular complexity index is 1450. The highest BCUT2D eigenvalue weighted by atomic mass is 35.5. The predicted molar refractivity (Wildman–Crippen MR) is 163 cm³/mol. The fourth-order valence-electron chi connectivity index (χ4n) is 4.26. The van der Waals surface area contributed by atoms with Gasteiger partial charge < -0.3 is 15.0 Å². The monoisotopic (exact) mass is 619 g/mol. The molecule has 2 amide bonds. The van der Waals surface area contributed by atoms with Crippen molar-refractivity contribution in [3.05, 3.63) is 88.4 Å². The lowest BCUT2D eigenvalue weighted by molar-refractivity contribution is -0.140. The molecule has 0 aromatic heterocycles. The van der Waals surface area contributed by atoms with E-state index in [2.05, 4.69) is 5.32 Å². The van der Waals surface area contributed by atoms with Gasteiger partial charge in [0.1, 0.15) is 18.3 Å². The summed E-state index contributed by atoms with van der Waals surface area (Å²) >= 11 is 12.7. The van der Waals surface area contributed by atoms with Gasteiger partial charge >= 0.3 is 0 Å². The zero-order valence-electron chi connectivity index (χ0n) is 23.5. The van der Waals surface area contributed by atoms with Crippen LogP contribution in [0.3, 0.4) is 0 Å². The molecule has 220 valence electrons. The van der Waals surface area contributed by atoms with E-state index < -0.39 is 28.5 Å². The summed E-state index contributed by atoms with van der Waals surface area (Å²) in [6, 6.07) is 18.3. The summed E-state index contributed by atoms with van der Waals surface area (Å²) in [7, 11) is -2.87. The fraction of sp³-hybridized carbons (Fsp3) is 0.333. The Hall–Kier alpha value is -3.27. The third-order valence-corrected chi connectivity index (χ3v) is 9.08. The molecular formula is C30H35Cl2N3O5S. The number of amides is 2. The molecule has 0 radical (unpaired) electrons. The lowest BCUT2D eigenvalue weighted by Gasteiger charge is -2.34. The molecule has 0 spiro atoms. The number of ether oxygens (including phenoxy) is 1. The first-order valence-electron chi connectivity index (χ1n) is 13.3. The molecule has 0 aliphatic heterocycles. The van der Waals surface area contributed by atoms with Crippen LogP contribution < -0.4 is 14.4 Å². The van der Waals surface area contributed by atoms with Gasteiger partial charge in [-0.15, -0.1) is 0 Å². The maximum atomic E-state index is 14.2.